The Morgan fingerprint density at radius 1 is 1.33 bits per heavy atom. The van der Waals surface area contributed by atoms with Gasteiger partial charge in [-0.25, -0.2) is 0 Å². The predicted octanol–water partition coefficient (Wildman–Crippen LogP) is -6.11. The predicted molar refractivity (Wildman–Crippen MR) is 33.0 cm³/mol. The van der Waals surface area contributed by atoms with Gasteiger partial charge in [0.15, 0.2) is 0 Å². The van der Waals surface area contributed by atoms with Crippen LogP contribution in [0.4, 0.5) is 0 Å². The average Bonchev–Trinajstić information content (AvgIpc) is 1.59. The van der Waals surface area contributed by atoms with Crippen molar-refractivity contribution in [1.29, 1.82) is 0 Å². The van der Waals surface area contributed by atoms with Crippen molar-refractivity contribution >= 4 is 7.82 Å². The monoisotopic (exact) mass is 244 g/mol. The standard InChI is InChI=1S/C5H13O4P.2K/c1-5(2)3-4-9-10(6,7)8;;/h5H,3-4H2,1-2H3,(H2,6,7,8);;/q;2*+1/p-2. The maximum absolute atomic E-state index is 9.86. The molecule has 62 valence electrons. The minimum absolute atomic E-state index is 0. The Labute approximate surface area is 158 Å². The molecule has 7 heteroatoms. The molecule has 0 aromatic heterocycles. The van der Waals surface area contributed by atoms with Crippen LogP contribution in [0.25, 0.3) is 0 Å². The normalized spacial score (nSPS) is 10.4. The minimum atomic E-state index is -4.72. The van der Waals surface area contributed by atoms with E-state index >= 15 is 0 Å². The Bertz CT molecular complexity index is 135. The summed E-state index contributed by atoms with van der Waals surface area (Å²) in [6.07, 6.45) is 0.592. The topological polar surface area (TPSA) is 72.4 Å². The third-order valence-corrected chi connectivity index (χ3v) is 1.44. The SMILES string of the molecule is CC(C)CCOP(=O)([O-])[O-].[K+].[K+]. The summed E-state index contributed by atoms with van der Waals surface area (Å²) in [5, 5.41) is 0. The van der Waals surface area contributed by atoms with Gasteiger partial charge in [0.2, 0.25) is 0 Å². The van der Waals surface area contributed by atoms with Crippen LogP contribution in [-0.4, -0.2) is 6.61 Å². The van der Waals surface area contributed by atoms with Gasteiger partial charge in [-0.3, -0.25) is 0 Å². The average molecular weight is 244 g/mol. The zero-order valence-corrected chi connectivity index (χ0v) is 15.2. The quantitative estimate of drug-likeness (QED) is 0.364. The van der Waals surface area contributed by atoms with Gasteiger partial charge in [0.05, 0.1) is 14.4 Å². The Morgan fingerprint density at radius 3 is 2.00 bits per heavy atom. The van der Waals surface area contributed by atoms with Crippen LogP contribution in [-0.2, 0) is 9.09 Å². The molecule has 0 rings (SSSR count). The van der Waals surface area contributed by atoms with Crippen molar-refractivity contribution in [3.05, 3.63) is 0 Å². The second-order valence-electron chi connectivity index (χ2n) is 2.46. The van der Waals surface area contributed by atoms with E-state index in [2.05, 4.69) is 4.52 Å². The van der Waals surface area contributed by atoms with Gasteiger partial charge < -0.3 is 18.9 Å². The van der Waals surface area contributed by atoms with E-state index in [0.717, 1.165) is 0 Å². The first-order chi connectivity index (χ1) is 4.42. The molecule has 12 heavy (non-hydrogen) atoms. The van der Waals surface area contributed by atoms with E-state index in [9.17, 15) is 14.4 Å². The summed E-state index contributed by atoms with van der Waals surface area (Å²) in [6.45, 7) is 3.84. The van der Waals surface area contributed by atoms with Gasteiger partial charge in [-0.2, -0.15) is 0 Å². The van der Waals surface area contributed by atoms with Crippen molar-refractivity contribution in [1.82, 2.24) is 0 Å². The molecule has 0 unspecified atom stereocenters. The number of hydrogen-bond acceptors (Lipinski definition) is 4. The van der Waals surface area contributed by atoms with E-state index in [1.807, 2.05) is 13.8 Å². The van der Waals surface area contributed by atoms with Crippen LogP contribution in [0, 0.1) is 5.92 Å². The summed E-state index contributed by atoms with van der Waals surface area (Å²) < 4.78 is 13.8. The molecule has 0 aliphatic carbocycles. The molecule has 4 nitrogen and oxygen atoms in total. The van der Waals surface area contributed by atoms with Crippen molar-refractivity contribution in [2.24, 2.45) is 5.92 Å². The molecule has 0 heterocycles. The Balaban J connectivity index is -0.000000405. The van der Waals surface area contributed by atoms with Gasteiger partial charge in [0.1, 0.15) is 0 Å². The van der Waals surface area contributed by atoms with Gasteiger partial charge in [0.25, 0.3) is 0 Å². The van der Waals surface area contributed by atoms with Crippen LogP contribution in [0.2, 0.25) is 0 Å². The Morgan fingerprint density at radius 2 is 1.75 bits per heavy atom. The second kappa shape index (κ2) is 10.9. The molecular formula is C5H11K2O4P. The molecule has 0 N–H and O–H groups in total. The summed E-state index contributed by atoms with van der Waals surface area (Å²) in [5.41, 5.74) is 0. The first kappa shape index (κ1) is 20.8. The van der Waals surface area contributed by atoms with E-state index in [1.165, 1.54) is 0 Å². The fourth-order valence-corrected chi connectivity index (χ4v) is 0.729. The number of hydrogen-bond donors (Lipinski definition) is 0. The maximum atomic E-state index is 9.86. The van der Waals surface area contributed by atoms with Crippen LogP contribution in [0.1, 0.15) is 20.3 Å². The number of phosphoric ester groups is 1. The van der Waals surface area contributed by atoms with Crippen LogP contribution in [0.5, 0.6) is 0 Å². The molecule has 0 aromatic rings. The van der Waals surface area contributed by atoms with Crippen LogP contribution in [0.3, 0.4) is 0 Å². The zero-order chi connectivity index (χ0) is 8.20. The molecule has 0 aliphatic rings. The van der Waals surface area contributed by atoms with Crippen molar-refractivity contribution in [3.63, 3.8) is 0 Å². The molecule has 0 fully saturated rings. The van der Waals surface area contributed by atoms with Crippen molar-refractivity contribution in [3.8, 4) is 0 Å². The van der Waals surface area contributed by atoms with E-state index in [4.69, 9.17) is 0 Å². The molecule has 0 amide bonds. The van der Waals surface area contributed by atoms with Crippen LogP contribution < -0.4 is 113 Å². The molecule has 0 aliphatic heterocycles. The van der Waals surface area contributed by atoms with Crippen molar-refractivity contribution in [2.75, 3.05) is 6.61 Å². The Hall–Kier alpha value is 3.38. The molecular weight excluding hydrogens is 233 g/mol. The fourth-order valence-electron chi connectivity index (χ4n) is 0.400. The van der Waals surface area contributed by atoms with E-state index in [0.29, 0.717) is 12.3 Å². The van der Waals surface area contributed by atoms with Crippen LogP contribution >= 0.6 is 7.82 Å². The van der Waals surface area contributed by atoms with Gasteiger partial charge in [-0.05, 0) is 12.3 Å². The summed E-state index contributed by atoms with van der Waals surface area (Å²) in [4.78, 5) is 19.7. The summed E-state index contributed by atoms with van der Waals surface area (Å²) in [6, 6.07) is 0. The summed E-state index contributed by atoms with van der Waals surface area (Å²) >= 11 is 0. The van der Waals surface area contributed by atoms with Gasteiger partial charge in [-0.15, -0.1) is 0 Å². The van der Waals surface area contributed by atoms with Crippen molar-refractivity contribution in [2.45, 2.75) is 20.3 Å². The molecule has 0 bridgehead atoms. The first-order valence-corrected chi connectivity index (χ1v) is 4.54. The molecule has 0 atom stereocenters. The van der Waals surface area contributed by atoms with Crippen LogP contribution in [0.15, 0.2) is 0 Å². The van der Waals surface area contributed by atoms with Gasteiger partial charge >= 0.3 is 103 Å². The minimum Gasteiger partial charge on any atom is -0.790 e. The van der Waals surface area contributed by atoms with Gasteiger partial charge in [0, 0.05) is 0 Å². The third kappa shape index (κ3) is 19.0. The van der Waals surface area contributed by atoms with Crippen molar-refractivity contribution < 1.29 is 122 Å². The zero-order valence-electron chi connectivity index (χ0n) is 8.07. The molecule has 0 saturated carbocycles. The smallest absolute Gasteiger partial charge is 0.790 e. The maximum Gasteiger partial charge on any atom is 1.00 e. The van der Waals surface area contributed by atoms with E-state index < -0.39 is 7.82 Å². The summed E-state index contributed by atoms with van der Waals surface area (Å²) in [7, 11) is -4.72. The molecule has 0 saturated heterocycles. The largest absolute Gasteiger partial charge is 1.00 e. The second-order valence-corrected chi connectivity index (χ2v) is 3.62. The first-order valence-electron chi connectivity index (χ1n) is 3.08. The molecule has 0 spiro atoms. The number of rotatable bonds is 4. The fraction of sp³-hybridized carbons (Fsp3) is 1.00. The molecule has 0 aromatic carbocycles. The number of phosphoric acid groups is 1. The van der Waals surface area contributed by atoms with E-state index in [1.54, 1.807) is 0 Å². The summed E-state index contributed by atoms with van der Waals surface area (Å²) in [5.74, 6) is 0.353. The Kier molecular flexibility index (Phi) is 18.8. The van der Waals surface area contributed by atoms with E-state index in [-0.39, 0.29) is 109 Å². The molecule has 0 radical (unpaired) electrons. The third-order valence-electron chi connectivity index (χ3n) is 0.945. The van der Waals surface area contributed by atoms with Gasteiger partial charge in [-0.1, -0.05) is 13.8 Å².